The lowest BCUT2D eigenvalue weighted by Crippen LogP contribution is -2.46. The number of imidazole rings is 2. The van der Waals surface area contributed by atoms with Gasteiger partial charge in [-0.3, -0.25) is 0 Å². The van der Waals surface area contributed by atoms with Crippen LogP contribution in [0.25, 0.3) is 11.3 Å². The molecule has 2 N–H and O–H groups in total. The second kappa shape index (κ2) is 5.57. The fourth-order valence-electron chi connectivity index (χ4n) is 5.28. The van der Waals surface area contributed by atoms with Crippen LogP contribution >= 0.6 is 0 Å². The molecule has 1 aromatic carbocycles. The average Bonchev–Trinajstić information content (AvgIpc) is 3.32. The first-order chi connectivity index (χ1) is 12.6. The lowest BCUT2D eigenvalue weighted by atomic mass is 9.51. The van der Waals surface area contributed by atoms with E-state index in [1.807, 2.05) is 13.1 Å². The first-order valence-corrected chi connectivity index (χ1v) is 9.73. The van der Waals surface area contributed by atoms with Crippen LogP contribution in [0.15, 0.2) is 36.7 Å². The van der Waals surface area contributed by atoms with E-state index in [4.69, 9.17) is 0 Å². The normalized spacial score (nSPS) is 27.8. The second-order valence-corrected chi connectivity index (χ2v) is 8.40. The minimum absolute atomic E-state index is 0.344. The summed E-state index contributed by atoms with van der Waals surface area (Å²) in [6.45, 7) is 4.05. The van der Waals surface area contributed by atoms with Gasteiger partial charge in [0.25, 0.3) is 0 Å². The van der Waals surface area contributed by atoms with Crippen LogP contribution in [-0.4, -0.2) is 19.9 Å². The molecule has 2 bridgehead atoms. The zero-order valence-corrected chi connectivity index (χ0v) is 15.6. The van der Waals surface area contributed by atoms with Crippen LogP contribution in [0, 0.1) is 13.8 Å². The van der Waals surface area contributed by atoms with E-state index in [0.717, 1.165) is 17.3 Å². The number of hydrogen-bond acceptors (Lipinski definition) is 2. The van der Waals surface area contributed by atoms with E-state index in [-0.39, 0.29) is 0 Å². The standard InChI is InChI=1S/C22H26N4/c1-15-23-13-19(25-15)17-3-5-18(6-4-17)21-7-10-22(11-8-21,12-9-21)20-14-24-16(2)26-20/h3-6,13-14H,7-12H2,1-2H3,(H,23,25)(H,24,26). The lowest BCUT2D eigenvalue weighted by Gasteiger charge is -2.53. The molecule has 0 spiro atoms. The summed E-state index contributed by atoms with van der Waals surface area (Å²) < 4.78 is 0. The van der Waals surface area contributed by atoms with Gasteiger partial charge in [0.2, 0.25) is 0 Å². The van der Waals surface area contributed by atoms with Gasteiger partial charge in [0.15, 0.2) is 0 Å². The topological polar surface area (TPSA) is 57.4 Å². The molecule has 3 aliphatic rings. The molecular formula is C22H26N4. The van der Waals surface area contributed by atoms with Crippen molar-refractivity contribution >= 4 is 0 Å². The highest BCUT2D eigenvalue weighted by molar-refractivity contribution is 5.59. The fraction of sp³-hybridized carbons (Fsp3) is 0.455. The number of rotatable bonds is 3. The minimum Gasteiger partial charge on any atom is -0.346 e. The van der Waals surface area contributed by atoms with Crippen LogP contribution in [0.4, 0.5) is 0 Å². The molecule has 2 aromatic heterocycles. The summed E-state index contributed by atoms with van der Waals surface area (Å²) in [6.07, 6.45) is 11.7. The van der Waals surface area contributed by atoms with Gasteiger partial charge >= 0.3 is 0 Å². The van der Waals surface area contributed by atoms with Crippen molar-refractivity contribution in [2.75, 3.05) is 0 Å². The summed E-state index contributed by atoms with van der Waals surface area (Å²) in [6, 6.07) is 9.21. The number of hydrogen-bond donors (Lipinski definition) is 2. The van der Waals surface area contributed by atoms with Crippen LogP contribution in [-0.2, 0) is 10.8 Å². The molecule has 0 unspecified atom stereocenters. The monoisotopic (exact) mass is 346 g/mol. The van der Waals surface area contributed by atoms with Crippen LogP contribution < -0.4 is 0 Å². The fourth-order valence-corrected chi connectivity index (χ4v) is 5.28. The molecule has 0 atom stereocenters. The maximum absolute atomic E-state index is 4.45. The van der Waals surface area contributed by atoms with Crippen molar-refractivity contribution < 1.29 is 0 Å². The SMILES string of the molecule is Cc1ncc(-c2ccc(C34CCC(c5cnc(C)[nH]5)(CC3)CC4)cc2)[nH]1. The van der Waals surface area contributed by atoms with Crippen molar-refractivity contribution in [1.29, 1.82) is 0 Å². The maximum Gasteiger partial charge on any atom is 0.103 e. The predicted octanol–water partition coefficient (Wildman–Crippen LogP) is 4.96. The first kappa shape index (κ1) is 15.9. The molecule has 0 saturated heterocycles. The molecule has 3 saturated carbocycles. The lowest BCUT2D eigenvalue weighted by molar-refractivity contribution is 0.0990. The molecule has 6 rings (SSSR count). The third-order valence-electron chi connectivity index (χ3n) is 7.03. The van der Waals surface area contributed by atoms with Crippen molar-refractivity contribution in [1.82, 2.24) is 19.9 Å². The Morgan fingerprint density at radius 3 is 1.85 bits per heavy atom. The summed E-state index contributed by atoms with van der Waals surface area (Å²) in [5, 5.41) is 0. The smallest absolute Gasteiger partial charge is 0.103 e. The van der Waals surface area contributed by atoms with Crippen LogP contribution in [0.1, 0.15) is 61.4 Å². The van der Waals surface area contributed by atoms with Crippen molar-refractivity contribution in [3.63, 3.8) is 0 Å². The number of aromatic nitrogens is 4. The number of H-pyrrole nitrogens is 2. The molecule has 0 amide bonds. The summed E-state index contributed by atoms with van der Waals surface area (Å²) in [5.74, 6) is 2.01. The van der Waals surface area contributed by atoms with E-state index < -0.39 is 0 Å². The Bertz CT molecular complexity index is 907. The molecule has 0 aliphatic heterocycles. The van der Waals surface area contributed by atoms with Gasteiger partial charge in [0.05, 0.1) is 11.9 Å². The summed E-state index contributed by atoms with van der Waals surface area (Å²) >= 11 is 0. The maximum atomic E-state index is 4.45. The zero-order valence-electron chi connectivity index (χ0n) is 15.6. The van der Waals surface area contributed by atoms with Gasteiger partial charge in [-0.1, -0.05) is 24.3 Å². The minimum atomic E-state index is 0.344. The van der Waals surface area contributed by atoms with Gasteiger partial charge in [-0.2, -0.15) is 0 Å². The third kappa shape index (κ3) is 2.35. The highest BCUT2D eigenvalue weighted by Gasteiger charge is 2.50. The molecule has 3 aliphatic carbocycles. The second-order valence-electron chi connectivity index (χ2n) is 8.40. The van der Waals surface area contributed by atoms with E-state index in [1.54, 1.807) is 0 Å². The molecular weight excluding hydrogens is 320 g/mol. The van der Waals surface area contributed by atoms with Gasteiger partial charge in [-0.25, -0.2) is 9.97 Å². The van der Waals surface area contributed by atoms with E-state index in [2.05, 4.69) is 57.3 Å². The van der Waals surface area contributed by atoms with Gasteiger partial charge < -0.3 is 9.97 Å². The molecule has 4 heteroatoms. The van der Waals surface area contributed by atoms with Crippen molar-refractivity contribution in [3.05, 3.63) is 59.6 Å². The predicted molar refractivity (Wildman–Crippen MR) is 103 cm³/mol. The first-order valence-electron chi connectivity index (χ1n) is 9.73. The molecule has 3 fully saturated rings. The quantitative estimate of drug-likeness (QED) is 0.704. The Hall–Kier alpha value is -2.36. The van der Waals surface area contributed by atoms with E-state index in [0.29, 0.717) is 10.8 Å². The summed E-state index contributed by atoms with van der Waals surface area (Å²) in [4.78, 5) is 15.6. The van der Waals surface area contributed by atoms with E-state index in [9.17, 15) is 0 Å². The number of benzene rings is 1. The van der Waals surface area contributed by atoms with Crippen LogP contribution in [0.3, 0.4) is 0 Å². The van der Waals surface area contributed by atoms with Crippen molar-refractivity contribution in [2.24, 2.45) is 0 Å². The largest absolute Gasteiger partial charge is 0.346 e. The molecule has 0 radical (unpaired) electrons. The zero-order chi connectivity index (χ0) is 17.8. The third-order valence-corrected chi connectivity index (χ3v) is 7.03. The van der Waals surface area contributed by atoms with Crippen molar-refractivity contribution in [2.45, 2.75) is 63.2 Å². The Morgan fingerprint density at radius 2 is 1.31 bits per heavy atom. The highest BCUT2D eigenvalue weighted by atomic mass is 14.9. The summed E-state index contributed by atoms with van der Waals surface area (Å²) in [7, 11) is 0. The number of aryl methyl sites for hydroxylation is 2. The Balaban J connectivity index is 1.39. The highest BCUT2D eigenvalue weighted by Crippen LogP contribution is 2.58. The van der Waals surface area contributed by atoms with Crippen LogP contribution in [0.5, 0.6) is 0 Å². The van der Waals surface area contributed by atoms with E-state index >= 15 is 0 Å². The summed E-state index contributed by atoms with van der Waals surface area (Å²) in [5.41, 5.74) is 5.93. The molecule has 4 nitrogen and oxygen atoms in total. The van der Waals surface area contributed by atoms with Gasteiger partial charge in [0, 0.05) is 17.3 Å². The molecule has 3 aromatic rings. The Morgan fingerprint density at radius 1 is 0.731 bits per heavy atom. The number of nitrogens with one attached hydrogen (secondary N) is 2. The Labute approximate surface area is 154 Å². The molecule has 2 heterocycles. The van der Waals surface area contributed by atoms with Crippen molar-refractivity contribution in [3.8, 4) is 11.3 Å². The van der Waals surface area contributed by atoms with Gasteiger partial charge in [-0.15, -0.1) is 0 Å². The molecule has 134 valence electrons. The number of fused-ring (bicyclic) bond motifs is 3. The Kier molecular flexibility index (Phi) is 3.40. The van der Waals surface area contributed by atoms with Gasteiger partial charge in [-0.05, 0) is 68.9 Å². The number of nitrogens with zero attached hydrogens (tertiary/aromatic N) is 2. The van der Waals surface area contributed by atoms with E-state index in [1.165, 1.54) is 55.3 Å². The van der Waals surface area contributed by atoms with Gasteiger partial charge in [0.1, 0.15) is 11.6 Å². The number of aromatic amines is 2. The molecule has 26 heavy (non-hydrogen) atoms. The average molecular weight is 346 g/mol. The van der Waals surface area contributed by atoms with Crippen LogP contribution in [0.2, 0.25) is 0 Å².